The van der Waals surface area contributed by atoms with Gasteiger partial charge in [0.15, 0.2) is 0 Å². The van der Waals surface area contributed by atoms with Gasteiger partial charge in [0.1, 0.15) is 11.7 Å². The maximum atomic E-state index is 12.0. The third kappa shape index (κ3) is 2.19. The van der Waals surface area contributed by atoms with Crippen LogP contribution in [0.1, 0.15) is 23.9 Å². The molecule has 76 valence electrons. The van der Waals surface area contributed by atoms with Crippen molar-refractivity contribution in [1.82, 2.24) is 9.97 Å². The van der Waals surface area contributed by atoms with Gasteiger partial charge in [0, 0.05) is 0 Å². The van der Waals surface area contributed by atoms with Crippen molar-refractivity contribution >= 4 is 5.97 Å². The molecule has 1 aromatic heterocycles. The molecule has 0 bridgehead atoms. The molecule has 0 saturated carbocycles. The molecular weight excluding hydrogens is 196 g/mol. The van der Waals surface area contributed by atoms with Gasteiger partial charge in [-0.3, -0.25) is 14.8 Å². The van der Waals surface area contributed by atoms with E-state index in [0.717, 1.165) is 12.4 Å². The number of rotatable bonds is 3. The molecule has 0 aromatic carbocycles. The van der Waals surface area contributed by atoms with E-state index in [1.54, 1.807) is 0 Å². The molecule has 0 amide bonds. The summed E-state index contributed by atoms with van der Waals surface area (Å²) < 4.78 is 24.0. The van der Waals surface area contributed by atoms with Gasteiger partial charge in [-0.1, -0.05) is 0 Å². The Hall–Kier alpha value is -1.63. The first-order valence-corrected chi connectivity index (χ1v) is 3.60. The van der Waals surface area contributed by atoms with Crippen LogP contribution in [0.5, 0.6) is 0 Å². The molecule has 0 saturated heterocycles. The molecule has 0 radical (unpaired) electrons. The molecule has 0 aliphatic rings. The lowest BCUT2D eigenvalue weighted by molar-refractivity contribution is -0.138. The van der Waals surface area contributed by atoms with Crippen molar-refractivity contribution in [2.24, 2.45) is 5.73 Å². The topological polar surface area (TPSA) is 89.1 Å². The van der Waals surface area contributed by atoms with E-state index in [9.17, 15) is 13.6 Å². The van der Waals surface area contributed by atoms with Crippen LogP contribution in [0.2, 0.25) is 0 Å². The maximum absolute atomic E-state index is 12.0. The highest BCUT2D eigenvalue weighted by Crippen LogP contribution is 2.15. The van der Waals surface area contributed by atoms with Gasteiger partial charge in [0.2, 0.25) is 0 Å². The number of aliphatic carboxylic acids is 1. The zero-order chi connectivity index (χ0) is 10.7. The molecule has 0 spiro atoms. The normalized spacial score (nSPS) is 12.9. The molecular formula is C7H7F2N3O2. The number of halogens is 2. The lowest BCUT2D eigenvalue weighted by Crippen LogP contribution is -2.22. The van der Waals surface area contributed by atoms with Crippen molar-refractivity contribution in [2.75, 3.05) is 0 Å². The molecule has 1 atom stereocenters. The van der Waals surface area contributed by atoms with Crippen LogP contribution in [0, 0.1) is 0 Å². The predicted octanol–water partition coefficient (Wildman–Crippen LogP) is 0.499. The summed E-state index contributed by atoms with van der Waals surface area (Å²) in [6, 6.07) is -1.34. The van der Waals surface area contributed by atoms with Crippen LogP contribution in [0.15, 0.2) is 12.4 Å². The molecule has 14 heavy (non-hydrogen) atoms. The first-order chi connectivity index (χ1) is 6.52. The Morgan fingerprint density at radius 3 is 2.21 bits per heavy atom. The number of carboxylic acids is 1. The summed E-state index contributed by atoms with van der Waals surface area (Å²) >= 11 is 0. The lowest BCUT2D eigenvalue weighted by Gasteiger charge is -2.05. The summed E-state index contributed by atoms with van der Waals surface area (Å²) in [6.45, 7) is 0. The van der Waals surface area contributed by atoms with Crippen LogP contribution in [-0.2, 0) is 4.79 Å². The monoisotopic (exact) mass is 203 g/mol. The summed E-state index contributed by atoms with van der Waals surface area (Å²) in [5, 5.41) is 8.47. The second-order valence-electron chi connectivity index (χ2n) is 2.48. The summed E-state index contributed by atoms with van der Waals surface area (Å²) in [6.07, 6.45) is -0.985. The molecule has 1 aromatic rings. The van der Waals surface area contributed by atoms with Crippen LogP contribution in [0.4, 0.5) is 8.78 Å². The number of carboxylic acid groups (broad SMARTS) is 1. The standard InChI is InChI=1S/C7H7F2N3O2/c8-6(9)4-2-11-3(1-12-4)5(10)7(13)14/h1-2,5-6H,10H2,(H,13,14). The van der Waals surface area contributed by atoms with Crippen LogP contribution in [-0.4, -0.2) is 21.0 Å². The average molecular weight is 203 g/mol. The van der Waals surface area contributed by atoms with Gasteiger partial charge in [-0.25, -0.2) is 8.78 Å². The van der Waals surface area contributed by atoms with Crippen molar-refractivity contribution in [3.05, 3.63) is 23.8 Å². The van der Waals surface area contributed by atoms with E-state index in [-0.39, 0.29) is 5.69 Å². The van der Waals surface area contributed by atoms with E-state index >= 15 is 0 Å². The van der Waals surface area contributed by atoms with Gasteiger partial charge >= 0.3 is 5.97 Å². The Morgan fingerprint density at radius 2 is 1.86 bits per heavy atom. The van der Waals surface area contributed by atoms with Crippen LogP contribution >= 0.6 is 0 Å². The second kappa shape index (κ2) is 4.05. The third-order valence-electron chi connectivity index (χ3n) is 1.50. The SMILES string of the molecule is NC(C(=O)O)c1cnc(C(F)F)cn1. The quantitative estimate of drug-likeness (QED) is 0.746. The van der Waals surface area contributed by atoms with Crippen LogP contribution < -0.4 is 5.73 Å². The van der Waals surface area contributed by atoms with Gasteiger partial charge in [0.05, 0.1) is 18.1 Å². The van der Waals surface area contributed by atoms with E-state index in [4.69, 9.17) is 10.8 Å². The molecule has 7 heteroatoms. The van der Waals surface area contributed by atoms with E-state index < -0.39 is 24.1 Å². The number of carbonyl (C=O) groups is 1. The smallest absolute Gasteiger partial charge is 0.326 e. The van der Waals surface area contributed by atoms with Crippen LogP contribution in [0.25, 0.3) is 0 Å². The van der Waals surface area contributed by atoms with E-state index in [1.807, 2.05) is 0 Å². The molecule has 1 unspecified atom stereocenters. The number of alkyl halides is 2. The summed E-state index contributed by atoms with van der Waals surface area (Å²) in [4.78, 5) is 17.2. The fourth-order valence-electron chi connectivity index (χ4n) is 0.748. The third-order valence-corrected chi connectivity index (χ3v) is 1.50. The number of nitrogens with two attached hydrogens (primary N) is 1. The molecule has 3 N–H and O–H groups in total. The Labute approximate surface area is 77.6 Å². The number of aromatic nitrogens is 2. The minimum Gasteiger partial charge on any atom is -0.480 e. The first-order valence-electron chi connectivity index (χ1n) is 3.60. The molecule has 1 rings (SSSR count). The maximum Gasteiger partial charge on any atom is 0.326 e. The molecule has 0 fully saturated rings. The largest absolute Gasteiger partial charge is 0.480 e. The van der Waals surface area contributed by atoms with E-state index in [2.05, 4.69) is 9.97 Å². The summed E-state index contributed by atoms with van der Waals surface area (Å²) in [5.41, 5.74) is 4.61. The minimum atomic E-state index is -2.72. The number of hydrogen-bond acceptors (Lipinski definition) is 4. The molecule has 0 aliphatic heterocycles. The highest BCUT2D eigenvalue weighted by atomic mass is 19.3. The van der Waals surface area contributed by atoms with Gasteiger partial charge in [-0.05, 0) is 0 Å². The zero-order valence-electron chi connectivity index (χ0n) is 6.89. The summed E-state index contributed by atoms with van der Waals surface area (Å²) in [7, 11) is 0. The average Bonchev–Trinajstić information content (AvgIpc) is 2.16. The molecule has 0 aliphatic carbocycles. The lowest BCUT2D eigenvalue weighted by atomic mass is 10.2. The van der Waals surface area contributed by atoms with Crippen molar-refractivity contribution in [1.29, 1.82) is 0 Å². The molecule has 1 heterocycles. The Morgan fingerprint density at radius 1 is 1.36 bits per heavy atom. The zero-order valence-corrected chi connectivity index (χ0v) is 6.89. The van der Waals surface area contributed by atoms with E-state index in [1.165, 1.54) is 0 Å². The van der Waals surface area contributed by atoms with Gasteiger partial charge < -0.3 is 10.8 Å². The number of nitrogens with zero attached hydrogens (tertiary/aromatic N) is 2. The number of hydrogen-bond donors (Lipinski definition) is 2. The first kappa shape index (κ1) is 10.5. The van der Waals surface area contributed by atoms with Crippen molar-refractivity contribution in [3.8, 4) is 0 Å². The Balaban J connectivity index is 2.88. The predicted molar refractivity (Wildman–Crippen MR) is 41.6 cm³/mol. The highest BCUT2D eigenvalue weighted by Gasteiger charge is 2.17. The Kier molecular flexibility index (Phi) is 3.03. The van der Waals surface area contributed by atoms with E-state index in [0.29, 0.717) is 0 Å². The van der Waals surface area contributed by atoms with Crippen molar-refractivity contribution in [2.45, 2.75) is 12.5 Å². The van der Waals surface area contributed by atoms with Crippen molar-refractivity contribution < 1.29 is 18.7 Å². The second-order valence-corrected chi connectivity index (χ2v) is 2.48. The van der Waals surface area contributed by atoms with Crippen molar-refractivity contribution in [3.63, 3.8) is 0 Å². The molecule has 5 nitrogen and oxygen atoms in total. The van der Waals surface area contributed by atoms with Gasteiger partial charge in [0.25, 0.3) is 6.43 Å². The fourth-order valence-corrected chi connectivity index (χ4v) is 0.748. The fraction of sp³-hybridized carbons (Fsp3) is 0.286. The van der Waals surface area contributed by atoms with Gasteiger partial charge in [-0.15, -0.1) is 0 Å². The van der Waals surface area contributed by atoms with Gasteiger partial charge in [-0.2, -0.15) is 0 Å². The summed E-state index contributed by atoms with van der Waals surface area (Å²) in [5.74, 6) is -1.29. The highest BCUT2D eigenvalue weighted by molar-refractivity contribution is 5.74. The Bertz CT molecular complexity index is 328. The minimum absolute atomic E-state index is 0.0538. The van der Waals surface area contributed by atoms with Crippen LogP contribution in [0.3, 0.4) is 0 Å².